The summed E-state index contributed by atoms with van der Waals surface area (Å²) in [6, 6.07) is 15.8. The molecule has 0 unspecified atom stereocenters. The van der Waals surface area contributed by atoms with Crippen molar-refractivity contribution in [2.24, 2.45) is 5.92 Å². The normalized spacial score (nSPS) is 19.5. The molecule has 148 valence electrons. The largest absolute Gasteiger partial charge is 0.481 e. The minimum absolute atomic E-state index is 0.0287. The maximum Gasteiger partial charge on any atom is 0.308 e. The number of carboxylic acid groups (broad SMARTS) is 1. The Morgan fingerprint density at radius 3 is 2.43 bits per heavy atom. The van der Waals surface area contributed by atoms with E-state index in [-0.39, 0.29) is 17.6 Å². The standard InChI is InChI=1S/C22H25FN2O3/c1-24(13-16-5-3-2-4-6-16)21(26)11-12-25-14-19(20(15-25)22(27)28)17-7-9-18(23)10-8-17/h2-10,19-20H,11-15H2,1H3,(H,27,28)/t19-,20+/m0/s1. The molecule has 1 saturated heterocycles. The number of amides is 1. The monoisotopic (exact) mass is 384 g/mol. The third kappa shape index (κ3) is 4.95. The number of likely N-dealkylation sites (tertiary alicyclic amines) is 1. The predicted octanol–water partition coefficient (Wildman–Crippen LogP) is 2.97. The predicted molar refractivity (Wildman–Crippen MR) is 104 cm³/mol. The molecule has 28 heavy (non-hydrogen) atoms. The van der Waals surface area contributed by atoms with Crippen molar-refractivity contribution in [3.8, 4) is 0 Å². The van der Waals surface area contributed by atoms with Gasteiger partial charge in [-0.3, -0.25) is 9.59 Å². The Kier molecular flexibility index (Phi) is 6.41. The van der Waals surface area contributed by atoms with Gasteiger partial charge in [-0.05, 0) is 23.3 Å². The number of carbonyl (C=O) groups excluding carboxylic acids is 1. The molecular formula is C22H25FN2O3. The van der Waals surface area contributed by atoms with Crippen molar-refractivity contribution in [1.29, 1.82) is 0 Å². The number of nitrogens with zero attached hydrogens (tertiary/aromatic N) is 2. The summed E-state index contributed by atoms with van der Waals surface area (Å²) < 4.78 is 13.2. The molecule has 0 aliphatic carbocycles. The minimum atomic E-state index is -0.857. The first-order valence-electron chi connectivity index (χ1n) is 9.42. The highest BCUT2D eigenvalue weighted by molar-refractivity contribution is 5.76. The average molecular weight is 384 g/mol. The van der Waals surface area contributed by atoms with Crippen molar-refractivity contribution in [1.82, 2.24) is 9.80 Å². The van der Waals surface area contributed by atoms with Gasteiger partial charge in [-0.1, -0.05) is 42.5 Å². The van der Waals surface area contributed by atoms with Crippen molar-refractivity contribution in [3.63, 3.8) is 0 Å². The highest BCUT2D eigenvalue weighted by Gasteiger charge is 2.38. The van der Waals surface area contributed by atoms with Gasteiger partial charge in [-0.25, -0.2) is 4.39 Å². The first-order valence-corrected chi connectivity index (χ1v) is 9.42. The molecule has 1 amide bonds. The Morgan fingerprint density at radius 1 is 1.11 bits per heavy atom. The average Bonchev–Trinajstić information content (AvgIpc) is 3.12. The van der Waals surface area contributed by atoms with E-state index >= 15 is 0 Å². The molecule has 2 atom stereocenters. The van der Waals surface area contributed by atoms with Gasteiger partial charge >= 0.3 is 5.97 Å². The third-order valence-corrected chi connectivity index (χ3v) is 5.34. The van der Waals surface area contributed by atoms with Crippen LogP contribution in [0.3, 0.4) is 0 Å². The molecule has 0 radical (unpaired) electrons. The zero-order valence-corrected chi connectivity index (χ0v) is 15.9. The molecule has 1 N–H and O–H groups in total. The Morgan fingerprint density at radius 2 is 1.79 bits per heavy atom. The van der Waals surface area contributed by atoms with Gasteiger partial charge in [0, 0.05) is 45.6 Å². The number of hydrogen-bond donors (Lipinski definition) is 1. The maximum atomic E-state index is 13.2. The molecule has 6 heteroatoms. The van der Waals surface area contributed by atoms with Gasteiger partial charge in [0.2, 0.25) is 5.91 Å². The van der Waals surface area contributed by atoms with E-state index in [1.807, 2.05) is 35.2 Å². The van der Waals surface area contributed by atoms with Crippen LogP contribution < -0.4 is 0 Å². The van der Waals surface area contributed by atoms with Gasteiger partial charge in [-0.15, -0.1) is 0 Å². The van der Waals surface area contributed by atoms with Crippen molar-refractivity contribution < 1.29 is 19.1 Å². The first kappa shape index (κ1) is 20.0. The van der Waals surface area contributed by atoms with Crippen molar-refractivity contribution in [3.05, 3.63) is 71.5 Å². The van der Waals surface area contributed by atoms with Crippen molar-refractivity contribution >= 4 is 11.9 Å². The first-order chi connectivity index (χ1) is 13.4. The molecule has 2 aromatic carbocycles. The second-order valence-electron chi connectivity index (χ2n) is 7.35. The van der Waals surface area contributed by atoms with E-state index in [9.17, 15) is 19.1 Å². The lowest BCUT2D eigenvalue weighted by Gasteiger charge is -2.20. The topological polar surface area (TPSA) is 60.9 Å². The van der Waals surface area contributed by atoms with Crippen LogP contribution in [0, 0.1) is 11.7 Å². The summed E-state index contributed by atoms with van der Waals surface area (Å²) >= 11 is 0. The number of hydrogen-bond acceptors (Lipinski definition) is 3. The molecule has 0 aromatic heterocycles. The van der Waals surface area contributed by atoms with Gasteiger partial charge in [-0.2, -0.15) is 0 Å². The van der Waals surface area contributed by atoms with Crippen LogP contribution >= 0.6 is 0 Å². The summed E-state index contributed by atoms with van der Waals surface area (Å²) in [5.41, 5.74) is 1.89. The van der Waals surface area contributed by atoms with Crippen molar-refractivity contribution in [2.45, 2.75) is 18.9 Å². The summed E-state index contributed by atoms with van der Waals surface area (Å²) in [5.74, 6) is -1.92. The van der Waals surface area contributed by atoms with E-state index < -0.39 is 11.9 Å². The molecule has 0 spiro atoms. The summed E-state index contributed by atoms with van der Waals surface area (Å²) in [4.78, 5) is 27.8. The lowest BCUT2D eigenvalue weighted by molar-refractivity contribution is -0.141. The summed E-state index contributed by atoms with van der Waals surface area (Å²) in [6.07, 6.45) is 0.339. The molecule has 0 bridgehead atoms. The molecule has 1 aliphatic rings. The Balaban J connectivity index is 1.56. The molecule has 1 heterocycles. The van der Waals surface area contributed by atoms with Crippen LogP contribution in [-0.2, 0) is 16.1 Å². The van der Waals surface area contributed by atoms with Gasteiger partial charge in [0.15, 0.2) is 0 Å². The van der Waals surface area contributed by atoms with Crippen LogP contribution in [0.1, 0.15) is 23.5 Å². The molecule has 1 aliphatic heterocycles. The number of benzene rings is 2. The molecule has 5 nitrogen and oxygen atoms in total. The fourth-order valence-corrected chi connectivity index (χ4v) is 3.76. The lowest BCUT2D eigenvalue weighted by Crippen LogP contribution is -2.31. The van der Waals surface area contributed by atoms with E-state index in [0.29, 0.717) is 32.6 Å². The Hall–Kier alpha value is -2.73. The minimum Gasteiger partial charge on any atom is -0.481 e. The Bertz CT molecular complexity index is 810. The van der Waals surface area contributed by atoms with Gasteiger partial charge in [0.1, 0.15) is 5.82 Å². The Labute approximate surface area is 164 Å². The number of rotatable bonds is 7. The van der Waals surface area contributed by atoms with Crippen LogP contribution in [0.4, 0.5) is 4.39 Å². The number of halogens is 1. The lowest BCUT2D eigenvalue weighted by atomic mass is 9.89. The van der Waals surface area contributed by atoms with Crippen LogP contribution in [-0.4, -0.2) is 53.5 Å². The van der Waals surface area contributed by atoms with E-state index in [1.165, 1.54) is 12.1 Å². The van der Waals surface area contributed by atoms with E-state index in [2.05, 4.69) is 0 Å². The molecular weight excluding hydrogens is 359 g/mol. The van der Waals surface area contributed by atoms with Crippen LogP contribution in [0.15, 0.2) is 54.6 Å². The third-order valence-electron chi connectivity index (χ3n) is 5.34. The summed E-state index contributed by atoms with van der Waals surface area (Å²) in [7, 11) is 1.78. The van der Waals surface area contributed by atoms with Gasteiger partial charge in [0.05, 0.1) is 5.92 Å². The second-order valence-corrected chi connectivity index (χ2v) is 7.35. The van der Waals surface area contributed by atoms with E-state index in [4.69, 9.17) is 0 Å². The smallest absolute Gasteiger partial charge is 0.308 e. The number of carbonyl (C=O) groups is 2. The maximum absolute atomic E-state index is 13.2. The molecule has 0 saturated carbocycles. The number of carboxylic acids is 1. The second kappa shape index (κ2) is 8.97. The fourth-order valence-electron chi connectivity index (χ4n) is 3.76. The SMILES string of the molecule is CN(Cc1ccccc1)C(=O)CCN1C[C@@H](C(=O)O)[C@H](c2ccc(F)cc2)C1. The highest BCUT2D eigenvalue weighted by atomic mass is 19.1. The van der Waals surface area contributed by atoms with Crippen molar-refractivity contribution in [2.75, 3.05) is 26.7 Å². The fraction of sp³-hybridized carbons (Fsp3) is 0.364. The molecule has 3 rings (SSSR count). The van der Waals surface area contributed by atoms with E-state index in [1.54, 1.807) is 24.1 Å². The molecule has 2 aromatic rings. The quantitative estimate of drug-likeness (QED) is 0.797. The van der Waals surface area contributed by atoms with Crippen LogP contribution in [0.2, 0.25) is 0 Å². The number of aliphatic carboxylic acids is 1. The zero-order valence-electron chi connectivity index (χ0n) is 15.9. The van der Waals surface area contributed by atoms with Gasteiger partial charge < -0.3 is 14.9 Å². The van der Waals surface area contributed by atoms with E-state index in [0.717, 1.165) is 11.1 Å². The summed E-state index contributed by atoms with van der Waals surface area (Å²) in [5, 5.41) is 9.57. The van der Waals surface area contributed by atoms with Gasteiger partial charge in [0.25, 0.3) is 0 Å². The van der Waals surface area contributed by atoms with Crippen LogP contribution in [0.5, 0.6) is 0 Å². The highest BCUT2D eigenvalue weighted by Crippen LogP contribution is 2.33. The summed E-state index contributed by atoms with van der Waals surface area (Å²) in [6.45, 7) is 2.01. The van der Waals surface area contributed by atoms with Crippen LogP contribution in [0.25, 0.3) is 0 Å². The molecule has 1 fully saturated rings. The zero-order chi connectivity index (χ0) is 20.1.